The first kappa shape index (κ1) is 17.7. The van der Waals surface area contributed by atoms with E-state index in [1.807, 2.05) is 0 Å². The Kier molecular flexibility index (Phi) is 5.55. The molecule has 1 heteroatoms. The van der Waals surface area contributed by atoms with E-state index >= 15 is 0 Å². The van der Waals surface area contributed by atoms with Crippen LogP contribution in [0.1, 0.15) is 31.9 Å². The molecule has 0 nitrogen and oxygen atoms in total. The van der Waals surface area contributed by atoms with Crippen molar-refractivity contribution < 1.29 is 0 Å². The Morgan fingerprint density at radius 2 is 1.12 bits per heavy atom. The lowest BCUT2D eigenvalue weighted by Gasteiger charge is -2.20. The first-order chi connectivity index (χ1) is 12.0. The maximum absolute atomic E-state index is 2.32. The maximum Gasteiger partial charge on any atom is 0.121 e. The van der Waals surface area contributed by atoms with Gasteiger partial charge in [-0.3, -0.25) is 0 Å². The molecule has 3 aromatic rings. The van der Waals surface area contributed by atoms with Gasteiger partial charge >= 0.3 is 0 Å². The van der Waals surface area contributed by atoms with Crippen LogP contribution in [-0.2, 0) is 11.8 Å². The number of hydrogen-bond acceptors (Lipinski definition) is 0. The molecule has 0 saturated carbocycles. The van der Waals surface area contributed by atoms with Crippen molar-refractivity contribution in [2.24, 2.45) is 0 Å². The molecule has 127 valence electrons. The van der Waals surface area contributed by atoms with E-state index in [9.17, 15) is 0 Å². The maximum atomic E-state index is 2.32. The average molecular weight is 344 g/mol. The van der Waals surface area contributed by atoms with Gasteiger partial charge in [-0.15, -0.1) is 0 Å². The van der Waals surface area contributed by atoms with Crippen LogP contribution in [0.5, 0.6) is 0 Å². The zero-order valence-electron chi connectivity index (χ0n) is 15.5. The summed E-state index contributed by atoms with van der Waals surface area (Å²) in [6, 6.07) is 32.5. The number of benzene rings is 3. The van der Waals surface area contributed by atoms with Crippen LogP contribution in [-0.4, -0.2) is 8.80 Å². The second-order valence-corrected chi connectivity index (χ2v) is 10.3. The quantitative estimate of drug-likeness (QED) is 0.582. The van der Waals surface area contributed by atoms with Gasteiger partial charge < -0.3 is 0 Å². The highest BCUT2D eigenvalue weighted by Gasteiger charge is 2.17. The van der Waals surface area contributed by atoms with Gasteiger partial charge in [0.05, 0.1) is 0 Å². The molecule has 1 radical (unpaired) electrons. The van der Waals surface area contributed by atoms with E-state index < -0.39 is 8.80 Å². The Labute approximate surface area is 154 Å². The van der Waals surface area contributed by atoms with Gasteiger partial charge in [0.1, 0.15) is 8.80 Å². The molecule has 25 heavy (non-hydrogen) atoms. The van der Waals surface area contributed by atoms with Crippen LogP contribution in [0, 0.1) is 0 Å². The van der Waals surface area contributed by atoms with Gasteiger partial charge in [0.25, 0.3) is 0 Å². The van der Waals surface area contributed by atoms with E-state index in [0.717, 1.165) is 6.42 Å². The van der Waals surface area contributed by atoms with Crippen LogP contribution in [0.25, 0.3) is 0 Å². The fraction of sp³-hybridized carbons (Fsp3) is 0.250. The van der Waals surface area contributed by atoms with Crippen LogP contribution in [0.2, 0.25) is 6.04 Å². The highest BCUT2D eigenvalue weighted by atomic mass is 28.3. The molecule has 0 bridgehead atoms. The first-order valence-electron chi connectivity index (χ1n) is 9.10. The number of rotatable bonds is 5. The third-order valence-electron chi connectivity index (χ3n) is 4.73. The molecule has 0 amide bonds. The molecule has 0 spiro atoms. The second kappa shape index (κ2) is 7.84. The minimum atomic E-state index is -0.735. The van der Waals surface area contributed by atoms with Crippen LogP contribution in [0.3, 0.4) is 0 Å². The number of hydrogen-bond donors (Lipinski definition) is 0. The lowest BCUT2D eigenvalue weighted by Crippen LogP contribution is -2.42. The van der Waals surface area contributed by atoms with Crippen molar-refractivity contribution >= 4 is 19.2 Å². The normalized spacial score (nSPS) is 11.7. The van der Waals surface area contributed by atoms with Crippen molar-refractivity contribution in [2.45, 2.75) is 38.7 Å². The third kappa shape index (κ3) is 4.70. The SMILES string of the molecule is CC(C)(C)c1ccc(CC[Si](c2ccccc2)c2ccccc2)cc1. The fourth-order valence-corrected chi connectivity index (χ4v) is 5.81. The van der Waals surface area contributed by atoms with Gasteiger partial charge in [0.15, 0.2) is 0 Å². The van der Waals surface area contributed by atoms with Crippen molar-refractivity contribution in [3.05, 3.63) is 96.1 Å². The molecule has 3 rings (SSSR count). The summed E-state index contributed by atoms with van der Waals surface area (Å²) in [6.07, 6.45) is 1.14. The molecule has 0 saturated heterocycles. The fourth-order valence-electron chi connectivity index (χ4n) is 3.17. The Morgan fingerprint density at radius 1 is 0.640 bits per heavy atom. The van der Waals surface area contributed by atoms with Crippen LogP contribution in [0.4, 0.5) is 0 Å². The predicted octanol–water partition coefficient (Wildman–Crippen LogP) is 4.84. The lowest BCUT2D eigenvalue weighted by atomic mass is 9.86. The van der Waals surface area contributed by atoms with E-state index in [4.69, 9.17) is 0 Å². The molecule has 0 aliphatic rings. The molecule has 0 aliphatic carbocycles. The largest absolute Gasteiger partial charge is 0.121 e. The summed E-state index contributed by atoms with van der Waals surface area (Å²) in [4.78, 5) is 0. The van der Waals surface area contributed by atoms with Gasteiger partial charge in [-0.1, -0.05) is 116 Å². The highest BCUT2D eigenvalue weighted by Crippen LogP contribution is 2.22. The summed E-state index contributed by atoms with van der Waals surface area (Å²) in [6.45, 7) is 6.82. The topological polar surface area (TPSA) is 0 Å². The molecule has 0 heterocycles. The summed E-state index contributed by atoms with van der Waals surface area (Å²) in [7, 11) is -0.735. The number of aryl methyl sites for hydroxylation is 1. The molecule has 0 fully saturated rings. The molecule has 0 aliphatic heterocycles. The molecule has 0 atom stereocenters. The average Bonchev–Trinajstić information content (AvgIpc) is 2.63. The van der Waals surface area contributed by atoms with Gasteiger partial charge in [-0.25, -0.2) is 0 Å². The highest BCUT2D eigenvalue weighted by molar-refractivity contribution is 6.85. The van der Waals surface area contributed by atoms with E-state index in [0.29, 0.717) is 0 Å². The molecular weight excluding hydrogens is 316 g/mol. The summed E-state index contributed by atoms with van der Waals surface area (Å²) in [5.74, 6) is 0. The Balaban J connectivity index is 1.77. The third-order valence-corrected chi connectivity index (χ3v) is 7.54. The van der Waals surface area contributed by atoms with Crippen molar-refractivity contribution in [3.8, 4) is 0 Å². The van der Waals surface area contributed by atoms with Crippen molar-refractivity contribution in [2.75, 3.05) is 0 Å². The van der Waals surface area contributed by atoms with Crippen molar-refractivity contribution in [1.29, 1.82) is 0 Å². The monoisotopic (exact) mass is 343 g/mol. The summed E-state index contributed by atoms with van der Waals surface area (Å²) < 4.78 is 0. The lowest BCUT2D eigenvalue weighted by molar-refractivity contribution is 0.590. The zero-order chi connectivity index (χ0) is 17.7. The first-order valence-corrected chi connectivity index (χ1v) is 10.8. The molecule has 3 aromatic carbocycles. The van der Waals surface area contributed by atoms with E-state index in [1.165, 1.54) is 27.5 Å². The minimum Gasteiger partial charge on any atom is -0.0628 e. The smallest absolute Gasteiger partial charge is 0.0628 e. The second-order valence-electron chi connectivity index (χ2n) is 7.66. The van der Waals surface area contributed by atoms with Crippen LogP contribution in [0.15, 0.2) is 84.9 Å². The minimum absolute atomic E-state index is 0.224. The van der Waals surface area contributed by atoms with E-state index in [2.05, 4.69) is 106 Å². The summed E-state index contributed by atoms with van der Waals surface area (Å²) in [5.41, 5.74) is 3.08. The van der Waals surface area contributed by atoms with Crippen molar-refractivity contribution in [1.82, 2.24) is 0 Å². The molecule has 0 unspecified atom stereocenters. The Morgan fingerprint density at radius 3 is 1.56 bits per heavy atom. The Bertz CT molecular complexity index is 728. The van der Waals surface area contributed by atoms with E-state index in [-0.39, 0.29) is 5.41 Å². The Hall–Kier alpha value is -2.12. The van der Waals surface area contributed by atoms with Gasteiger partial charge in [-0.05, 0) is 29.0 Å². The van der Waals surface area contributed by atoms with Gasteiger partial charge in [0.2, 0.25) is 0 Å². The summed E-state index contributed by atoms with van der Waals surface area (Å²) in [5, 5.41) is 3.01. The van der Waals surface area contributed by atoms with Gasteiger partial charge in [-0.2, -0.15) is 0 Å². The van der Waals surface area contributed by atoms with Crippen LogP contribution >= 0.6 is 0 Å². The molecular formula is C24H27Si. The van der Waals surface area contributed by atoms with Crippen molar-refractivity contribution in [3.63, 3.8) is 0 Å². The molecule has 0 N–H and O–H groups in total. The van der Waals surface area contributed by atoms with Gasteiger partial charge in [0, 0.05) is 0 Å². The summed E-state index contributed by atoms with van der Waals surface area (Å²) >= 11 is 0. The standard InChI is InChI=1S/C24H27Si/c1-24(2,3)21-16-14-20(15-17-21)18-19-25(22-10-6-4-7-11-22)23-12-8-5-9-13-23/h4-17H,18-19H2,1-3H3. The van der Waals surface area contributed by atoms with E-state index in [1.54, 1.807) is 0 Å². The predicted molar refractivity (Wildman–Crippen MR) is 112 cm³/mol. The zero-order valence-corrected chi connectivity index (χ0v) is 16.5. The molecule has 0 aromatic heterocycles. The van der Waals surface area contributed by atoms with Crippen LogP contribution < -0.4 is 10.4 Å².